The van der Waals surface area contributed by atoms with Crippen LogP contribution in [-0.2, 0) is 17.8 Å². The van der Waals surface area contributed by atoms with Gasteiger partial charge in [-0.15, -0.1) is 0 Å². The zero-order valence-electron chi connectivity index (χ0n) is 18.8. The number of carbonyl (C=O) groups is 3. The first kappa shape index (κ1) is 25.1. The van der Waals surface area contributed by atoms with Crippen LogP contribution in [0.25, 0.3) is 0 Å². The van der Waals surface area contributed by atoms with Crippen LogP contribution < -0.4 is 10.8 Å². The molecule has 2 rings (SSSR count). The molecule has 0 radical (unpaired) electrons. The number of nitrogens with zero attached hydrogens (tertiary/aromatic N) is 2. The number of carboxylic acid groups (broad SMARTS) is 1. The molecule has 0 bridgehead atoms. The fourth-order valence-corrected chi connectivity index (χ4v) is 3.53. The van der Waals surface area contributed by atoms with Crippen LogP contribution in [-0.4, -0.2) is 43.7 Å². The summed E-state index contributed by atoms with van der Waals surface area (Å²) in [5, 5.41) is 20.9. The van der Waals surface area contributed by atoms with Crippen LogP contribution in [0.5, 0.6) is 0 Å². The molecule has 4 N–H and O–H groups in total. The van der Waals surface area contributed by atoms with Gasteiger partial charge >= 0.3 is 5.97 Å². The van der Waals surface area contributed by atoms with Crippen molar-refractivity contribution < 1.29 is 24.7 Å². The number of hydroxylamine groups is 1. The summed E-state index contributed by atoms with van der Waals surface area (Å²) in [5.74, 6) is -0.895. The van der Waals surface area contributed by atoms with Gasteiger partial charge in [-0.05, 0) is 36.5 Å². The molecule has 0 aliphatic heterocycles. The van der Waals surface area contributed by atoms with Crippen LogP contribution in [0.4, 0.5) is 0 Å². The Kier molecular flexibility index (Phi) is 9.39. The Morgan fingerprint density at radius 2 is 1.84 bits per heavy atom. The van der Waals surface area contributed by atoms with E-state index in [-0.39, 0.29) is 23.8 Å². The number of hydrogen-bond donors (Lipinski definition) is 4. The average Bonchev–Trinajstić information content (AvgIpc) is 3.14. The third-order valence-corrected chi connectivity index (χ3v) is 5.11. The summed E-state index contributed by atoms with van der Waals surface area (Å²) in [6.45, 7) is 6.43. The predicted molar refractivity (Wildman–Crippen MR) is 119 cm³/mol. The van der Waals surface area contributed by atoms with E-state index in [2.05, 4.69) is 17.2 Å². The van der Waals surface area contributed by atoms with Gasteiger partial charge in [0.25, 0.3) is 5.91 Å². The van der Waals surface area contributed by atoms with Crippen LogP contribution >= 0.6 is 0 Å². The van der Waals surface area contributed by atoms with Gasteiger partial charge < -0.3 is 15.0 Å². The zero-order chi connectivity index (χ0) is 23.7. The second kappa shape index (κ2) is 12.0. The van der Waals surface area contributed by atoms with Crippen molar-refractivity contribution in [3.8, 4) is 0 Å². The molecular formula is C23H32N4O5. The normalized spacial score (nSPS) is 11.9. The van der Waals surface area contributed by atoms with Gasteiger partial charge in [-0.25, -0.2) is 15.3 Å². The number of aryl methyl sites for hydroxylation is 1. The smallest absolute Gasteiger partial charge is 0.335 e. The molecule has 0 saturated heterocycles. The molecular weight excluding hydrogens is 412 g/mol. The Balaban J connectivity index is 2.28. The molecule has 32 heavy (non-hydrogen) atoms. The lowest BCUT2D eigenvalue weighted by Crippen LogP contribution is -2.40. The molecule has 0 fully saturated rings. The van der Waals surface area contributed by atoms with Gasteiger partial charge in [0, 0.05) is 25.4 Å². The summed E-state index contributed by atoms with van der Waals surface area (Å²) >= 11 is 0. The summed E-state index contributed by atoms with van der Waals surface area (Å²) in [6, 6.07) is 6.08. The third kappa shape index (κ3) is 7.19. The molecule has 174 valence electrons. The van der Waals surface area contributed by atoms with Crippen molar-refractivity contribution in [3.63, 3.8) is 0 Å². The van der Waals surface area contributed by atoms with Crippen LogP contribution in [0.15, 0.2) is 30.5 Å². The van der Waals surface area contributed by atoms with Gasteiger partial charge in [0.15, 0.2) is 0 Å². The topological polar surface area (TPSA) is 134 Å². The molecule has 1 aromatic heterocycles. The van der Waals surface area contributed by atoms with E-state index < -0.39 is 17.9 Å². The third-order valence-electron chi connectivity index (χ3n) is 5.11. The molecule has 0 aliphatic rings. The van der Waals surface area contributed by atoms with E-state index in [1.165, 1.54) is 18.3 Å². The first-order chi connectivity index (χ1) is 15.2. The fraction of sp³-hybridized carbons (Fsp3) is 0.478. The lowest BCUT2D eigenvalue weighted by molar-refractivity contribution is -0.129. The molecule has 0 aliphatic carbocycles. The van der Waals surface area contributed by atoms with Crippen LogP contribution in [0.1, 0.15) is 78.7 Å². The molecule has 2 amide bonds. The zero-order valence-corrected chi connectivity index (χ0v) is 18.8. The van der Waals surface area contributed by atoms with E-state index in [0.29, 0.717) is 25.1 Å². The molecule has 1 unspecified atom stereocenters. The maximum atomic E-state index is 13.1. The van der Waals surface area contributed by atoms with E-state index in [1.54, 1.807) is 17.6 Å². The number of carboxylic acids is 1. The lowest BCUT2D eigenvalue weighted by Gasteiger charge is -2.20. The van der Waals surface area contributed by atoms with E-state index in [1.807, 2.05) is 18.4 Å². The minimum Gasteiger partial charge on any atom is -0.478 e. The second-order valence-corrected chi connectivity index (χ2v) is 8.29. The SMILES string of the molecule is CCCCc1ncc(C(=O)NC(CC(=O)NO)CC(C)C)n1Cc1ccc(C(=O)O)cc1. The average molecular weight is 445 g/mol. The van der Waals surface area contributed by atoms with Gasteiger partial charge in [-0.1, -0.05) is 39.3 Å². The number of unbranched alkanes of at least 4 members (excludes halogenated alkanes) is 1. The van der Waals surface area contributed by atoms with E-state index in [9.17, 15) is 14.4 Å². The Hall–Kier alpha value is -3.20. The largest absolute Gasteiger partial charge is 0.478 e. The van der Waals surface area contributed by atoms with Crippen molar-refractivity contribution in [2.75, 3.05) is 0 Å². The number of hydrogen-bond acceptors (Lipinski definition) is 5. The molecule has 9 heteroatoms. The predicted octanol–water partition coefficient (Wildman–Crippen LogP) is 3.01. The Morgan fingerprint density at radius 1 is 1.16 bits per heavy atom. The first-order valence-electron chi connectivity index (χ1n) is 10.9. The number of aromatic carboxylic acids is 1. The number of aromatic nitrogens is 2. The Labute approximate surface area is 187 Å². The number of benzene rings is 1. The van der Waals surface area contributed by atoms with Gasteiger partial charge in [0.1, 0.15) is 11.5 Å². The molecule has 0 spiro atoms. The lowest BCUT2D eigenvalue weighted by atomic mass is 10.0. The van der Waals surface area contributed by atoms with Crippen LogP contribution in [0, 0.1) is 5.92 Å². The standard InChI is InChI=1S/C23H32N4O5/c1-4-5-6-20-24-13-19(22(29)25-18(11-15(2)3)12-21(28)26-32)27(20)14-16-7-9-17(10-8-16)23(30)31/h7-10,13,15,18,32H,4-6,11-12,14H2,1-3H3,(H,25,29)(H,26,28)(H,30,31). The van der Waals surface area contributed by atoms with Crippen molar-refractivity contribution in [1.29, 1.82) is 0 Å². The molecule has 1 heterocycles. The number of nitrogens with one attached hydrogen (secondary N) is 2. The fourth-order valence-electron chi connectivity index (χ4n) is 3.53. The molecule has 1 aromatic carbocycles. The number of amides is 2. The highest BCUT2D eigenvalue weighted by Gasteiger charge is 2.22. The van der Waals surface area contributed by atoms with Crippen molar-refractivity contribution in [1.82, 2.24) is 20.3 Å². The number of imidazole rings is 1. The van der Waals surface area contributed by atoms with Crippen LogP contribution in [0.3, 0.4) is 0 Å². The van der Waals surface area contributed by atoms with Gasteiger partial charge in [-0.3, -0.25) is 14.8 Å². The number of carbonyl (C=O) groups excluding carboxylic acids is 2. The van der Waals surface area contributed by atoms with Crippen molar-refractivity contribution in [3.05, 3.63) is 53.1 Å². The quantitative estimate of drug-likeness (QED) is 0.294. The molecule has 2 aromatic rings. The summed E-state index contributed by atoms with van der Waals surface area (Å²) in [6.07, 6.45) is 4.68. The first-order valence-corrected chi connectivity index (χ1v) is 10.9. The highest BCUT2D eigenvalue weighted by molar-refractivity contribution is 5.93. The summed E-state index contributed by atoms with van der Waals surface area (Å²) < 4.78 is 1.83. The van der Waals surface area contributed by atoms with Crippen molar-refractivity contribution in [2.24, 2.45) is 5.92 Å². The molecule has 1 atom stereocenters. The maximum Gasteiger partial charge on any atom is 0.335 e. The highest BCUT2D eigenvalue weighted by Crippen LogP contribution is 2.15. The molecule has 0 saturated carbocycles. The summed E-state index contributed by atoms with van der Waals surface area (Å²) in [7, 11) is 0. The minimum atomic E-state index is -0.994. The summed E-state index contributed by atoms with van der Waals surface area (Å²) in [4.78, 5) is 40.3. The number of rotatable bonds is 12. The van der Waals surface area contributed by atoms with Crippen molar-refractivity contribution >= 4 is 17.8 Å². The molecule has 9 nitrogen and oxygen atoms in total. The maximum absolute atomic E-state index is 13.1. The Morgan fingerprint density at radius 3 is 2.41 bits per heavy atom. The van der Waals surface area contributed by atoms with E-state index >= 15 is 0 Å². The summed E-state index contributed by atoms with van der Waals surface area (Å²) in [5.41, 5.74) is 3.03. The van der Waals surface area contributed by atoms with Gasteiger partial charge in [0.05, 0.1) is 11.8 Å². The van der Waals surface area contributed by atoms with E-state index in [4.69, 9.17) is 10.3 Å². The van der Waals surface area contributed by atoms with Gasteiger partial charge in [0.2, 0.25) is 5.91 Å². The van der Waals surface area contributed by atoms with Crippen LogP contribution in [0.2, 0.25) is 0 Å². The van der Waals surface area contributed by atoms with E-state index in [0.717, 1.165) is 24.2 Å². The van der Waals surface area contributed by atoms with Gasteiger partial charge in [-0.2, -0.15) is 0 Å². The second-order valence-electron chi connectivity index (χ2n) is 8.29. The minimum absolute atomic E-state index is 0.0338. The monoisotopic (exact) mass is 444 g/mol. The Bertz CT molecular complexity index is 921. The highest BCUT2D eigenvalue weighted by atomic mass is 16.5. The van der Waals surface area contributed by atoms with Crippen molar-refractivity contribution in [2.45, 2.75) is 65.5 Å².